The molecule has 0 aromatic heterocycles. The molecule has 10 heteroatoms. The lowest BCUT2D eigenvalue weighted by Crippen LogP contribution is -2.35. The van der Waals surface area contributed by atoms with Crippen LogP contribution < -0.4 is 14.8 Å². The fourth-order valence-electron chi connectivity index (χ4n) is 3.42. The first-order chi connectivity index (χ1) is 14.9. The van der Waals surface area contributed by atoms with Crippen molar-refractivity contribution in [3.63, 3.8) is 0 Å². The van der Waals surface area contributed by atoms with Gasteiger partial charge in [-0.15, -0.1) is 0 Å². The van der Waals surface area contributed by atoms with Crippen LogP contribution >= 0.6 is 0 Å². The van der Waals surface area contributed by atoms with Gasteiger partial charge in [-0.1, -0.05) is 12.5 Å². The molecule has 0 aliphatic carbocycles. The van der Waals surface area contributed by atoms with Gasteiger partial charge in [-0.3, -0.25) is 4.79 Å². The molecular formula is C21H22N2O7S. The van der Waals surface area contributed by atoms with Crippen LogP contribution in [0.4, 0.5) is 5.69 Å². The van der Waals surface area contributed by atoms with Gasteiger partial charge in [0.1, 0.15) is 0 Å². The van der Waals surface area contributed by atoms with Crippen LogP contribution in [0.15, 0.2) is 47.4 Å². The van der Waals surface area contributed by atoms with E-state index in [1.807, 2.05) is 0 Å². The van der Waals surface area contributed by atoms with E-state index in [1.54, 1.807) is 18.2 Å². The Balaban J connectivity index is 1.36. The minimum atomic E-state index is -3.67. The minimum Gasteiger partial charge on any atom is -0.454 e. The number of nitrogens with zero attached hydrogens (tertiary/aromatic N) is 1. The van der Waals surface area contributed by atoms with Gasteiger partial charge in [0.05, 0.1) is 10.5 Å². The molecule has 2 aliphatic heterocycles. The Hall–Kier alpha value is -3.11. The number of sulfonamides is 1. The summed E-state index contributed by atoms with van der Waals surface area (Å²) < 4.78 is 42.5. The van der Waals surface area contributed by atoms with E-state index in [0.29, 0.717) is 30.3 Å². The molecule has 0 atom stereocenters. The van der Waals surface area contributed by atoms with Crippen molar-refractivity contribution in [2.24, 2.45) is 0 Å². The van der Waals surface area contributed by atoms with E-state index in [0.717, 1.165) is 19.3 Å². The van der Waals surface area contributed by atoms with Crippen molar-refractivity contribution in [1.82, 2.24) is 4.31 Å². The highest BCUT2D eigenvalue weighted by Crippen LogP contribution is 2.34. The molecule has 1 saturated heterocycles. The van der Waals surface area contributed by atoms with E-state index >= 15 is 0 Å². The molecule has 2 aliphatic rings. The molecule has 0 saturated carbocycles. The third-order valence-corrected chi connectivity index (χ3v) is 6.91. The fraction of sp³-hybridized carbons (Fsp3) is 0.333. The average Bonchev–Trinajstić information content (AvgIpc) is 3.26. The minimum absolute atomic E-state index is 0.0358. The zero-order chi connectivity index (χ0) is 21.8. The second-order valence-electron chi connectivity index (χ2n) is 7.18. The predicted octanol–water partition coefficient (Wildman–Crippen LogP) is 2.39. The van der Waals surface area contributed by atoms with Crippen molar-refractivity contribution in [2.75, 3.05) is 31.8 Å². The van der Waals surface area contributed by atoms with Crippen molar-refractivity contribution in [1.29, 1.82) is 0 Å². The molecule has 1 amide bonds. The third-order valence-electron chi connectivity index (χ3n) is 5.01. The number of hydrogen-bond acceptors (Lipinski definition) is 7. The molecule has 0 radical (unpaired) electrons. The van der Waals surface area contributed by atoms with Crippen molar-refractivity contribution in [3.8, 4) is 11.5 Å². The average molecular weight is 446 g/mol. The second-order valence-corrected chi connectivity index (χ2v) is 9.12. The van der Waals surface area contributed by atoms with Crippen LogP contribution in [-0.4, -0.2) is 51.1 Å². The monoisotopic (exact) mass is 446 g/mol. The molecule has 1 N–H and O–H groups in total. The summed E-state index contributed by atoms with van der Waals surface area (Å²) in [6, 6.07) is 10.6. The highest BCUT2D eigenvalue weighted by atomic mass is 32.2. The quantitative estimate of drug-likeness (QED) is 0.678. The number of esters is 1. The lowest BCUT2D eigenvalue weighted by Gasteiger charge is -2.25. The maximum Gasteiger partial charge on any atom is 0.338 e. The molecule has 0 spiro atoms. The van der Waals surface area contributed by atoms with Gasteiger partial charge in [0.25, 0.3) is 5.91 Å². The Morgan fingerprint density at radius 1 is 1.00 bits per heavy atom. The molecule has 9 nitrogen and oxygen atoms in total. The molecule has 0 unspecified atom stereocenters. The Morgan fingerprint density at radius 2 is 1.77 bits per heavy atom. The van der Waals surface area contributed by atoms with Crippen LogP contribution in [0.1, 0.15) is 29.6 Å². The number of carbonyl (C=O) groups excluding carboxylic acids is 2. The van der Waals surface area contributed by atoms with Gasteiger partial charge in [-0.05, 0) is 43.2 Å². The van der Waals surface area contributed by atoms with Crippen LogP contribution in [0, 0.1) is 0 Å². The van der Waals surface area contributed by atoms with Gasteiger partial charge < -0.3 is 19.5 Å². The van der Waals surface area contributed by atoms with Gasteiger partial charge >= 0.3 is 5.97 Å². The largest absolute Gasteiger partial charge is 0.454 e. The first-order valence-electron chi connectivity index (χ1n) is 9.90. The Labute approximate surface area is 179 Å². The van der Waals surface area contributed by atoms with E-state index in [2.05, 4.69) is 5.32 Å². The molecule has 4 rings (SSSR count). The Bertz CT molecular complexity index is 1090. The number of amides is 1. The molecule has 2 aromatic carbocycles. The van der Waals surface area contributed by atoms with E-state index in [-0.39, 0.29) is 17.3 Å². The van der Waals surface area contributed by atoms with Crippen LogP contribution in [-0.2, 0) is 19.6 Å². The lowest BCUT2D eigenvalue weighted by atomic mass is 10.2. The zero-order valence-electron chi connectivity index (χ0n) is 16.7. The summed E-state index contributed by atoms with van der Waals surface area (Å²) in [5.74, 6) is -0.217. The Kier molecular flexibility index (Phi) is 6.10. The van der Waals surface area contributed by atoms with Gasteiger partial charge in [0, 0.05) is 24.8 Å². The number of rotatable bonds is 6. The van der Waals surface area contributed by atoms with E-state index in [1.165, 1.54) is 28.6 Å². The molecule has 2 heterocycles. The number of carbonyl (C=O) groups is 2. The van der Waals surface area contributed by atoms with E-state index in [4.69, 9.17) is 14.2 Å². The molecule has 0 bridgehead atoms. The fourth-order valence-corrected chi connectivity index (χ4v) is 4.99. The van der Waals surface area contributed by atoms with Crippen LogP contribution in [0.2, 0.25) is 0 Å². The van der Waals surface area contributed by atoms with Crippen molar-refractivity contribution in [2.45, 2.75) is 24.2 Å². The highest BCUT2D eigenvalue weighted by molar-refractivity contribution is 7.89. The van der Waals surface area contributed by atoms with Crippen LogP contribution in [0.5, 0.6) is 11.5 Å². The number of ether oxygens (including phenoxy) is 3. The van der Waals surface area contributed by atoms with E-state index in [9.17, 15) is 18.0 Å². The van der Waals surface area contributed by atoms with Gasteiger partial charge in [0.2, 0.25) is 16.8 Å². The van der Waals surface area contributed by atoms with Crippen LogP contribution in [0.3, 0.4) is 0 Å². The number of benzene rings is 2. The molecule has 164 valence electrons. The predicted molar refractivity (Wildman–Crippen MR) is 111 cm³/mol. The number of piperidine rings is 1. The summed E-state index contributed by atoms with van der Waals surface area (Å²) in [5, 5.41) is 2.60. The first kappa shape index (κ1) is 21.1. The van der Waals surface area contributed by atoms with Crippen molar-refractivity contribution < 1.29 is 32.2 Å². The standard InChI is InChI=1S/C21H22N2O7S/c24-20(22-16-7-8-18-19(12-16)30-14-29-18)13-28-21(25)15-5-4-6-17(11-15)31(26,27)23-9-2-1-3-10-23/h4-8,11-12H,1-3,9-10,13-14H2,(H,22,24). The number of hydrogen-bond donors (Lipinski definition) is 1. The maximum atomic E-state index is 12.8. The molecule has 31 heavy (non-hydrogen) atoms. The maximum absolute atomic E-state index is 12.8. The summed E-state index contributed by atoms with van der Waals surface area (Å²) in [6.07, 6.45) is 2.64. The SMILES string of the molecule is O=C(COC(=O)c1cccc(S(=O)(=O)N2CCCCC2)c1)Nc1ccc2c(c1)OCO2. The summed E-state index contributed by atoms with van der Waals surface area (Å²) in [4.78, 5) is 24.5. The second kappa shape index (κ2) is 8.94. The Morgan fingerprint density at radius 3 is 2.58 bits per heavy atom. The number of fused-ring (bicyclic) bond motifs is 1. The van der Waals surface area contributed by atoms with E-state index < -0.39 is 28.5 Å². The third kappa shape index (κ3) is 4.80. The molecular weight excluding hydrogens is 424 g/mol. The normalized spacial score (nSPS) is 16.0. The summed E-state index contributed by atoms with van der Waals surface area (Å²) in [5.41, 5.74) is 0.536. The first-order valence-corrected chi connectivity index (χ1v) is 11.3. The van der Waals surface area contributed by atoms with Gasteiger partial charge in [0.15, 0.2) is 18.1 Å². The number of anilines is 1. The van der Waals surface area contributed by atoms with Gasteiger partial charge in [-0.2, -0.15) is 4.31 Å². The van der Waals surface area contributed by atoms with Crippen LogP contribution in [0.25, 0.3) is 0 Å². The van der Waals surface area contributed by atoms with Crippen molar-refractivity contribution >= 4 is 27.6 Å². The highest BCUT2D eigenvalue weighted by Gasteiger charge is 2.26. The molecule has 1 fully saturated rings. The molecule has 2 aromatic rings. The lowest BCUT2D eigenvalue weighted by molar-refractivity contribution is -0.119. The van der Waals surface area contributed by atoms with Crippen molar-refractivity contribution in [3.05, 3.63) is 48.0 Å². The summed E-state index contributed by atoms with van der Waals surface area (Å²) >= 11 is 0. The summed E-state index contributed by atoms with van der Waals surface area (Å²) in [6.45, 7) is 0.543. The topological polar surface area (TPSA) is 111 Å². The number of nitrogens with one attached hydrogen (secondary N) is 1. The summed E-state index contributed by atoms with van der Waals surface area (Å²) in [7, 11) is -3.67. The van der Waals surface area contributed by atoms with Gasteiger partial charge in [-0.25, -0.2) is 13.2 Å². The zero-order valence-corrected chi connectivity index (χ0v) is 17.5. The smallest absolute Gasteiger partial charge is 0.338 e.